The second-order valence-corrected chi connectivity index (χ2v) is 6.60. The summed E-state index contributed by atoms with van der Waals surface area (Å²) in [6.45, 7) is 6.88. The minimum absolute atomic E-state index is 0.101. The van der Waals surface area contributed by atoms with E-state index in [9.17, 15) is 4.79 Å². The zero-order valence-electron chi connectivity index (χ0n) is 15.7. The average molecular weight is 355 g/mol. The number of fused-ring (bicyclic) bond motifs is 1. The van der Waals surface area contributed by atoms with Crippen LogP contribution in [0.5, 0.6) is 11.5 Å². The molecule has 0 saturated heterocycles. The van der Waals surface area contributed by atoms with Crippen molar-refractivity contribution in [3.63, 3.8) is 0 Å². The first kappa shape index (κ1) is 18.1. The summed E-state index contributed by atoms with van der Waals surface area (Å²) in [6.07, 6.45) is 4.38. The molecule has 0 spiro atoms. The third kappa shape index (κ3) is 4.10. The number of carbonyl (C=O) groups is 1. The zero-order valence-corrected chi connectivity index (χ0v) is 15.7. The molecule has 1 amide bonds. The van der Waals surface area contributed by atoms with Gasteiger partial charge in [0.1, 0.15) is 29.1 Å². The second-order valence-electron chi connectivity index (χ2n) is 6.60. The maximum atomic E-state index is 12.4. The van der Waals surface area contributed by atoms with Crippen molar-refractivity contribution in [3.05, 3.63) is 53.0 Å². The van der Waals surface area contributed by atoms with Crippen LogP contribution in [0.2, 0.25) is 0 Å². The standard InChI is InChI=1S/C21H25NO4/c1-5-24-19-12-17-10-15(3)26-20(17)11-16(19)7-9-21(23)22(4)13-18-8-6-14(2)25-18/h6-9,11-12,15H,5,10,13H2,1-4H3. The van der Waals surface area contributed by atoms with Crippen LogP contribution in [0.1, 0.15) is 36.5 Å². The molecule has 2 aromatic rings. The fourth-order valence-corrected chi connectivity index (χ4v) is 3.04. The first-order valence-electron chi connectivity index (χ1n) is 8.91. The summed E-state index contributed by atoms with van der Waals surface area (Å²) >= 11 is 0. The van der Waals surface area contributed by atoms with Crippen LogP contribution in [-0.2, 0) is 17.8 Å². The Kier molecular flexibility index (Phi) is 5.35. The normalized spacial score (nSPS) is 15.8. The molecule has 0 saturated carbocycles. The van der Waals surface area contributed by atoms with Gasteiger partial charge in [0.25, 0.3) is 0 Å². The van der Waals surface area contributed by atoms with Gasteiger partial charge in [-0.2, -0.15) is 0 Å². The lowest BCUT2D eigenvalue weighted by molar-refractivity contribution is -0.125. The number of hydrogen-bond acceptors (Lipinski definition) is 4. The minimum Gasteiger partial charge on any atom is -0.493 e. The van der Waals surface area contributed by atoms with E-state index in [2.05, 4.69) is 0 Å². The SMILES string of the molecule is CCOc1cc2c(cc1C=CC(=O)N(C)Cc1ccc(C)o1)OC(C)C2. The highest BCUT2D eigenvalue weighted by Gasteiger charge is 2.21. The molecule has 0 N–H and O–H groups in total. The number of rotatable bonds is 6. The lowest BCUT2D eigenvalue weighted by atomic mass is 10.1. The van der Waals surface area contributed by atoms with E-state index in [0.717, 1.165) is 40.6 Å². The predicted molar refractivity (Wildman–Crippen MR) is 100 cm³/mol. The minimum atomic E-state index is -0.101. The number of furan rings is 1. The van der Waals surface area contributed by atoms with Crippen molar-refractivity contribution in [1.29, 1.82) is 0 Å². The Bertz CT molecular complexity index is 821. The number of carbonyl (C=O) groups excluding carboxylic acids is 1. The van der Waals surface area contributed by atoms with E-state index in [1.54, 1.807) is 24.1 Å². The number of hydrogen-bond donors (Lipinski definition) is 0. The summed E-state index contributed by atoms with van der Waals surface area (Å²) in [5, 5.41) is 0. The van der Waals surface area contributed by atoms with Gasteiger partial charge in [0, 0.05) is 30.7 Å². The van der Waals surface area contributed by atoms with Gasteiger partial charge in [-0.1, -0.05) is 0 Å². The Labute approximate surface area is 154 Å². The summed E-state index contributed by atoms with van der Waals surface area (Å²) in [7, 11) is 1.75. The molecule has 3 rings (SSSR count). The van der Waals surface area contributed by atoms with Crippen molar-refractivity contribution in [3.8, 4) is 11.5 Å². The first-order chi connectivity index (χ1) is 12.5. The lowest BCUT2D eigenvalue weighted by Crippen LogP contribution is -2.23. The molecule has 2 heterocycles. The molecule has 1 atom stereocenters. The number of amides is 1. The van der Waals surface area contributed by atoms with E-state index in [4.69, 9.17) is 13.9 Å². The number of benzene rings is 1. The summed E-state index contributed by atoms with van der Waals surface area (Å²) in [6, 6.07) is 7.74. The lowest BCUT2D eigenvalue weighted by Gasteiger charge is -2.14. The van der Waals surface area contributed by atoms with Crippen LogP contribution in [0.4, 0.5) is 0 Å². The summed E-state index contributed by atoms with van der Waals surface area (Å²) in [4.78, 5) is 14.0. The Morgan fingerprint density at radius 2 is 2.19 bits per heavy atom. The van der Waals surface area contributed by atoms with Crippen molar-refractivity contribution >= 4 is 12.0 Å². The van der Waals surface area contributed by atoms with E-state index >= 15 is 0 Å². The smallest absolute Gasteiger partial charge is 0.246 e. The molecule has 0 radical (unpaired) electrons. The van der Waals surface area contributed by atoms with Crippen LogP contribution in [0.3, 0.4) is 0 Å². The van der Waals surface area contributed by atoms with Crippen molar-refractivity contribution in [1.82, 2.24) is 4.90 Å². The van der Waals surface area contributed by atoms with Crippen LogP contribution in [-0.4, -0.2) is 30.6 Å². The molecule has 0 aliphatic carbocycles. The topological polar surface area (TPSA) is 51.9 Å². The maximum absolute atomic E-state index is 12.4. The fourth-order valence-electron chi connectivity index (χ4n) is 3.04. The van der Waals surface area contributed by atoms with Crippen LogP contribution >= 0.6 is 0 Å². The Morgan fingerprint density at radius 3 is 2.88 bits per heavy atom. The van der Waals surface area contributed by atoms with E-state index in [1.807, 2.05) is 45.0 Å². The van der Waals surface area contributed by atoms with E-state index in [-0.39, 0.29) is 12.0 Å². The molecule has 1 aromatic carbocycles. The number of ether oxygens (including phenoxy) is 2. The molecule has 1 unspecified atom stereocenters. The second kappa shape index (κ2) is 7.68. The van der Waals surface area contributed by atoms with Crippen molar-refractivity contribution in [2.24, 2.45) is 0 Å². The Hall–Kier alpha value is -2.69. The van der Waals surface area contributed by atoms with Crippen LogP contribution < -0.4 is 9.47 Å². The van der Waals surface area contributed by atoms with Crippen LogP contribution in [0, 0.1) is 6.92 Å². The highest BCUT2D eigenvalue weighted by molar-refractivity contribution is 5.92. The van der Waals surface area contributed by atoms with Gasteiger partial charge in [0.05, 0.1) is 13.2 Å². The maximum Gasteiger partial charge on any atom is 0.246 e. The quantitative estimate of drug-likeness (QED) is 0.736. The molecule has 1 aliphatic rings. The summed E-state index contributed by atoms with van der Waals surface area (Å²) in [5.41, 5.74) is 1.99. The number of likely N-dealkylation sites (N-methyl/N-ethyl adjacent to an activating group) is 1. The molecular formula is C21H25NO4. The van der Waals surface area contributed by atoms with Gasteiger partial charge < -0.3 is 18.8 Å². The molecule has 5 heteroatoms. The van der Waals surface area contributed by atoms with Gasteiger partial charge in [-0.15, -0.1) is 0 Å². The van der Waals surface area contributed by atoms with Crippen molar-refractivity contribution < 1.29 is 18.7 Å². The summed E-state index contributed by atoms with van der Waals surface area (Å²) < 4.78 is 17.1. The predicted octanol–water partition coefficient (Wildman–Crippen LogP) is 3.98. The molecule has 0 bridgehead atoms. The van der Waals surface area contributed by atoms with Gasteiger partial charge in [0.15, 0.2) is 0 Å². The Morgan fingerprint density at radius 1 is 1.38 bits per heavy atom. The van der Waals surface area contributed by atoms with Crippen molar-refractivity contribution in [2.45, 2.75) is 39.8 Å². The molecule has 0 fully saturated rings. The third-order valence-electron chi connectivity index (χ3n) is 4.30. The van der Waals surface area contributed by atoms with E-state index in [0.29, 0.717) is 13.2 Å². The van der Waals surface area contributed by atoms with Gasteiger partial charge in [-0.05, 0) is 51.1 Å². The van der Waals surface area contributed by atoms with Gasteiger partial charge in [-0.25, -0.2) is 0 Å². The highest BCUT2D eigenvalue weighted by atomic mass is 16.5. The third-order valence-corrected chi connectivity index (χ3v) is 4.30. The van der Waals surface area contributed by atoms with Crippen molar-refractivity contribution in [2.75, 3.05) is 13.7 Å². The average Bonchev–Trinajstić information content (AvgIpc) is 3.16. The number of nitrogens with zero attached hydrogens (tertiary/aromatic N) is 1. The molecular weight excluding hydrogens is 330 g/mol. The van der Waals surface area contributed by atoms with Crippen LogP contribution in [0.15, 0.2) is 34.8 Å². The van der Waals surface area contributed by atoms with Gasteiger partial charge in [0.2, 0.25) is 5.91 Å². The largest absolute Gasteiger partial charge is 0.493 e. The number of aryl methyl sites for hydroxylation is 1. The monoisotopic (exact) mass is 355 g/mol. The van der Waals surface area contributed by atoms with Crippen LogP contribution in [0.25, 0.3) is 6.08 Å². The van der Waals surface area contributed by atoms with E-state index < -0.39 is 0 Å². The fraction of sp³-hybridized carbons (Fsp3) is 0.381. The molecule has 138 valence electrons. The molecule has 1 aliphatic heterocycles. The molecule has 5 nitrogen and oxygen atoms in total. The highest BCUT2D eigenvalue weighted by Crippen LogP contribution is 2.35. The molecule has 1 aromatic heterocycles. The first-order valence-corrected chi connectivity index (χ1v) is 8.91. The van der Waals surface area contributed by atoms with E-state index in [1.165, 1.54) is 0 Å². The van der Waals surface area contributed by atoms with Gasteiger partial charge in [-0.3, -0.25) is 4.79 Å². The Balaban J connectivity index is 1.74. The zero-order chi connectivity index (χ0) is 18.7. The van der Waals surface area contributed by atoms with Gasteiger partial charge >= 0.3 is 0 Å². The molecule has 26 heavy (non-hydrogen) atoms. The summed E-state index contributed by atoms with van der Waals surface area (Å²) in [5.74, 6) is 3.15.